The van der Waals surface area contributed by atoms with Crippen molar-refractivity contribution in [2.24, 2.45) is 0 Å². The van der Waals surface area contributed by atoms with Gasteiger partial charge in [-0.15, -0.1) is 0 Å². The maximum absolute atomic E-state index is 14.4. The summed E-state index contributed by atoms with van der Waals surface area (Å²) < 4.78 is 43.4. The van der Waals surface area contributed by atoms with E-state index in [1.807, 2.05) is 48.5 Å². The van der Waals surface area contributed by atoms with Gasteiger partial charge in [-0.25, -0.2) is 8.42 Å². The number of nitrogens with one attached hydrogen (secondary N) is 1. The minimum Gasteiger partial charge on any atom is -0.497 e. The van der Waals surface area contributed by atoms with Crippen LogP contribution in [0.15, 0.2) is 72.8 Å². The van der Waals surface area contributed by atoms with E-state index in [-0.39, 0.29) is 30.6 Å². The molecule has 0 aromatic heterocycles. The Hall–Kier alpha value is -4.25. The van der Waals surface area contributed by atoms with E-state index in [0.717, 1.165) is 53.8 Å². The molecule has 2 amide bonds. The molecule has 10 nitrogen and oxygen atoms in total. The summed E-state index contributed by atoms with van der Waals surface area (Å²) in [6.45, 7) is -0.463. The predicted molar refractivity (Wildman–Crippen MR) is 174 cm³/mol. The third kappa shape index (κ3) is 9.13. The van der Waals surface area contributed by atoms with Crippen molar-refractivity contribution in [1.82, 2.24) is 10.2 Å². The summed E-state index contributed by atoms with van der Waals surface area (Å²) in [6.07, 6.45) is 6.27. The van der Waals surface area contributed by atoms with Crippen molar-refractivity contribution in [1.29, 1.82) is 0 Å². The average molecular weight is 638 g/mol. The maximum atomic E-state index is 14.4. The lowest BCUT2D eigenvalue weighted by atomic mass is 9.94. The lowest BCUT2D eigenvalue weighted by Crippen LogP contribution is -2.55. The molecule has 3 aromatic rings. The van der Waals surface area contributed by atoms with Crippen molar-refractivity contribution >= 4 is 27.5 Å². The van der Waals surface area contributed by atoms with E-state index in [9.17, 15) is 18.0 Å². The molecule has 242 valence electrons. The van der Waals surface area contributed by atoms with E-state index in [1.54, 1.807) is 25.3 Å². The smallest absolute Gasteiger partial charge is 0.244 e. The van der Waals surface area contributed by atoms with E-state index < -0.39 is 28.5 Å². The Balaban J connectivity index is 1.75. The Morgan fingerprint density at radius 1 is 0.844 bits per heavy atom. The molecule has 0 aliphatic heterocycles. The molecule has 1 atom stereocenters. The molecule has 45 heavy (non-hydrogen) atoms. The van der Waals surface area contributed by atoms with E-state index >= 15 is 0 Å². The summed E-state index contributed by atoms with van der Waals surface area (Å²) in [5.41, 5.74) is 1.85. The minimum atomic E-state index is -3.93. The number of amides is 2. The molecule has 1 aliphatic rings. The molecular weight excluding hydrogens is 594 g/mol. The van der Waals surface area contributed by atoms with Crippen LogP contribution in [0, 0.1) is 0 Å². The molecule has 0 heterocycles. The van der Waals surface area contributed by atoms with Gasteiger partial charge in [0.2, 0.25) is 21.8 Å². The topological polar surface area (TPSA) is 114 Å². The van der Waals surface area contributed by atoms with E-state index in [0.29, 0.717) is 17.2 Å². The van der Waals surface area contributed by atoms with Crippen LogP contribution in [0.2, 0.25) is 0 Å². The number of hydrogen-bond acceptors (Lipinski definition) is 7. The van der Waals surface area contributed by atoms with Gasteiger partial charge in [-0.1, -0.05) is 61.7 Å². The van der Waals surface area contributed by atoms with Gasteiger partial charge < -0.3 is 24.4 Å². The number of rotatable bonds is 14. The number of carbonyl (C=O) groups is 2. The molecule has 1 saturated carbocycles. The zero-order valence-corrected chi connectivity index (χ0v) is 27.2. The van der Waals surface area contributed by atoms with Crippen LogP contribution in [-0.4, -0.2) is 71.3 Å². The highest BCUT2D eigenvalue weighted by molar-refractivity contribution is 7.92. The van der Waals surface area contributed by atoms with Crippen molar-refractivity contribution in [3.8, 4) is 17.2 Å². The lowest BCUT2D eigenvalue weighted by Gasteiger charge is -2.35. The molecule has 1 N–H and O–H groups in total. The van der Waals surface area contributed by atoms with Gasteiger partial charge in [-0.3, -0.25) is 13.9 Å². The largest absolute Gasteiger partial charge is 0.497 e. The SMILES string of the molecule is COc1cccc(CN(C(=O)CN(c2ccc(OC)c(OC)c2)S(C)(=O)=O)C(Cc2ccccc2)C(=O)NC2CCCCC2)c1. The zero-order valence-electron chi connectivity index (χ0n) is 26.4. The molecule has 0 spiro atoms. The van der Waals surface area contributed by atoms with Crippen LogP contribution in [0.4, 0.5) is 5.69 Å². The van der Waals surface area contributed by atoms with Crippen molar-refractivity contribution in [3.63, 3.8) is 0 Å². The van der Waals surface area contributed by atoms with Gasteiger partial charge in [0.05, 0.1) is 33.3 Å². The first kappa shape index (κ1) is 33.6. The van der Waals surface area contributed by atoms with Crippen LogP contribution < -0.4 is 23.8 Å². The molecular formula is C34H43N3O7S. The van der Waals surface area contributed by atoms with Gasteiger partial charge in [-0.2, -0.15) is 0 Å². The molecule has 0 saturated heterocycles. The summed E-state index contributed by atoms with van der Waals surface area (Å²) in [6, 6.07) is 20.6. The quantitative estimate of drug-likeness (QED) is 0.276. The van der Waals surface area contributed by atoms with Gasteiger partial charge in [-0.05, 0) is 48.2 Å². The number of benzene rings is 3. The Bertz CT molecular complexity index is 1540. The molecule has 11 heteroatoms. The number of nitrogens with zero attached hydrogens (tertiary/aromatic N) is 2. The van der Waals surface area contributed by atoms with Crippen LogP contribution in [0.5, 0.6) is 17.2 Å². The first-order valence-corrected chi connectivity index (χ1v) is 16.9. The molecule has 1 unspecified atom stereocenters. The molecule has 4 rings (SSSR count). The van der Waals surface area contributed by atoms with Gasteiger partial charge in [0.1, 0.15) is 18.3 Å². The number of ether oxygens (including phenoxy) is 3. The average Bonchev–Trinajstić information content (AvgIpc) is 3.05. The van der Waals surface area contributed by atoms with Gasteiger partial charge in [0.25, 0.3) is 0 Å². The number of anilines is 1. The standard InChI is InChI=1S/C34H43N3O7S/c1-42-29-17-11-14-26(20-29)23-36(30(21-25-12-7-5-8-13-25)34(39)35-27-15-9-6-10-16-27)33(38)24-37(45(4,40)41)28-18-19-31(43-2)32(22-28)44-3/h5,7-8,11-14,17-20,22,27,30H,6,9-10,15-16,21,23-24H2,1-4H3,(H,35,39). The molecule has 0 bridgehead atoms. The summed E-state index contributed by atoms with van der Waals surface area (Å²) in [4.78, 5) is 30.0. The highest BCUT2D eigenvalue weighted by Crippen LogP contribution is 2.32. The van der Waals surface area contributed by atoms with Crippen molar-refractivity contribution in [2.75, 3.05) is 38.4 Å². The fourth-order valence-electron chi connectivity index (χ4n) is 5.66. The summed E-state index contributed by atoms with van der Waals surface area (Å²) in [5.74, 6) is 0.548. The van der Waals surface area contributed by atoms with Crippen LogP contribution >= 0.6 is 0 Å². The number of sulfonamides is 1. The number of carbonyl (C=O) groups excluding carboxylic acids is 2. The maximum Gasteiger partial charge on any atom is 0.244 e. The van der Waals surface area contributed by atoms with Gasteiger partial charge in [0.15, 0.2) is 11.5 Å². The van der Waals surface area contributed by atoms with Crippen LogP contribution in [0.25, 0.3) is 0 Å². The summed E-state index contributed by atoms with van der Waals surface area (Å²) in [7, 11) is 0.561. The lowest BCUT2D eigenvalue weighted by molar-refractivity contribution is -0.140. The van der Waals surface area contributed by atoms with Crippen LogP contribution in [-0.2, 0) is 32.6 Å². The second-order valence-electron chi connectivity index (χ2n) is 11.2. The summed E-state index contributed by atoms with van der Waals surface area (Å²) >= 11 is 0. The van der Waals surface area contributed by atoms with Crippen LogP contribution in [0.3, 0.4) is 0 Å². The number of hydrogen-bond donors (Lipinski definition) is 1. The minimum absolute atomic E-state index is 0.0255. The summed E-state index contributed by atoms with van der Waals surface area (Å²) in [5, 5.41) is 3.21. The van der Waals surface area contributed by atoms with Gasteiger partial charge >= 0.3 is 0 Å². The monoisotopic (exact) mass is 637 g/mol. The Kier molecular flexibility index (Phi) is 11.7. The first-order chi connectivity index (χ1) is 21.6. The fourth-order valence-corrected chi connectivity index (χ4v) is 6.50. The molecule has 1 aliphatic carbocycles. The van der Waals surface area contributed by atoms with E-state index in [4.69, 9.17) is 14.2 Å². The normalized spacial score (nSPS) is 14.2. The predicted octanol–water partition coefficient (Wildman–Crippen LogP) is 4.57. The molecule has 3 aromatic carbocycles. The zero-order chi connectivity index (χ0) is 32.4. The third-order valence-corrected chi connectivity index (χ3v) is 9.18. The van der Waals surface area contributed by atoms with E-state index in [2.05, 4.69) is 5.32 Å². The highest BCUT2D eigenvalue weighted by atomic mass is 32.2. The van der Waals surface area contributed by atoms with Crippen molar-refractivity contribution in [2.45, 2.75) is 57.2 Å². The Labute approximate surface area is 266 Å². The second-order valence-corrected chi connectivity index (χ2v) is 13.1. The second kappa shape index (κ2) is 15.7. The fraction of sp³-hybridized carbons (Fsp3) is 0.412. The van der Waals surface area contributed by atoms with Crippen LogP contribution in [0.1, 0.15) is 43.2 Å². The first-order valence-electron chi connectivity index (χ1n) is 15.1. The molecule has 0 radical (unpaired) electrons. The van der Waals surface area contributed by atoms with Crippen molar-refractivity contribution in [3.05, 3.63) is 83.9 Å². The van der Waals surface area contributed by atoms with Crippen molar-refractivity contribution < 1.29 is 32.2 Å². The Morgan fingerprint density at radius 2 is 1.53 bits per heavy atom. The Morgan fingerprint density at radius 3 is 2.18 bits per heavy atom. The highest BCUT2D eigenvalue weighted by Gasteiger charge is 2.34. The van der Waals surface area contributed by atoms with E-state index in [1.165, 1.54) is 25.2 Å². The molecule has 1 fully saturated rings. The number of methoxy groups -OCH3 is 3. The third-order valence-electron chi connectivity index (χ3n) is 8.04. The van der Waals surface area contributed by atoms with Gasteiger partial charge in [0, 0.05) is 25.1 Å².